The van der Waals surface area contributed by atoms with E-state index in [1.807, 2.05) is 7.05 Å². The zero-order valence-electron chi connectivity index (χ0n) is 10.2. The normalized spacial score (nSPS) is 13.5. The van der Waals surface area contributed by atoms with Gasteiger partial charge in [0.25, 0.3) is 0 Å². The molecule has 3 nitrogen and oxygen atoms in total. The van der Waals surface area contributed by atoms with E-state index in [1.54, 1.807) is 0 Å². The lowest BCUT2D eigenvalue weighted by Gasteiger charge is -2.15. The summed E-state index contributed by atoms with van der Waals surface area (Å²) in [6, 6.07) is 0.599. The Bertz CT molecular complexity index is 115. The molecule has 0 bridgehead atoms. The second-order valence-electron chi connectivity index (χ2n) is 4.33. The molecule has 14 heavy (non-hydrogen) atoms. The van der Waals surface area contributed by atoms with Gasteiger partial charge in [-0.15, -0.1) is 0 Å². The molecule has 0 aromatic rings. The second-order valence-corrected chi connectivity index (χ2v) is 4.33. The van der Waals surface area contributed by atoms with Crippen LogP contribution >= 0.6 is 0 Å². The Morgan fingerprint density at radius 2 is 1.71 bits per heavy atom. The Labute approximate surface area is 89.0 Å². The van der Waals surface area contributed by atoms with Crippen molar-refractivity contribution in [2.75, 3.05) is 33.2 Å². The summed E-state index contributed by atoms with van der Waals surface area (Å²) in [6.07, 6.45) is 1.21. The number of hydrogen-bond donors (Lipinski definition) is 3. The van der Waals surface area contributed by atoms with Crippen molar-refractivity contribution in [3.05, 3.63) is 0 Å². The van der Waals surface area contributed by atoms with Crippen LogP contribution in [-0.2, 0) is 0 Å². The molecule has 0 heterocycles. The number of hydrogen-bond acceptors (Lipinski definition) is 3. The SMILES string of the molecule is CNCCCNCC(C)CNC(C)C. The van der Waals surface area contributed by atoms with Gasteiger partial charge in [-0.05, 0) is 45.6 Å². The molecule has 1 unspecified atom stereocenters. The smallest absolute Gasteiger partial charge is 0.00105 e. The van der Waals surface area contributed by atoms with Gasteiger partial charge >= 0.3 is 0 Å². The molecule has 3 heteroatoms. The van der Waals surface area contributed by atoms with Crippen molar-refractivity contribution in [2.24, 2.45) is 5.92 Å². The first-order valence-corrected chi connectivity index (χ1v) is 5.75. The second kappa shape index (κ2) is 9.44. The van der Waals surface area contributed by atoms with Gasteiger partial charge in [0, 0.05) is 6.04 Å². The molecular formula is C11H27N3. The summed E-state index contributed by atoms with van der Waals surface area (Å²) in [5, 5.41) is 10.1. The highest BCUT2D eigenvalue weighted by molar-refractivity contribution is 4.62. The van der Waals surface area contributed by atoms with Crippen LogP contribution in [0.5, 0.6) is 0 Å². The molecule has 0 aliphatic rings. The predicted octanol–water partition coefficient (Wildman–Crippen LogP) is 0.820. The van der Waals surface area contributed by atoms with E-state index in [0.717, 1.165) is 26.2 Å². The van der Waals surface area contributed by atoms with Crippen LogP contribution in [0.2, 0.25) is 0 Å². The molecule has 86 valence electrons. The minimum Gasteiger partial charge on any atom is -0.320 e. The molecule has 0 aromatic carbocycles. The van der Waals surface area contributed by atoms with Gasteiger partial charge in [0.1, 0.15) is 0 Å². The Morgan fingerprint density at radius 3 is 2.29 bits per heavy atom. The molecule has 0 saturated carbocycles. The van der Waals surface area contributed by atoms with E-state index in [4.69, 9.17) is 0 Å². The minimum atomic E-state index is 0.599. The van der Waals surface area contributed by atoms with Crippen molar-refractivity contribution in [3.63, 3.8) is 0 Å². The van der Waals surface area contributed by atoms with Gasteiger partial charge in [0.2, 0.25) is 0 Å². The molecule has 0 rings (SSSR count). The maximum absolute atomic E-state index is 3.46. The van der Waals surface area contributed by atoms with Gasteiger partial charge in [0.15, 0.2) is 0 Å². The first-order chi connectivity index (χ1) is 6.66. The highest BCUT2D eigenvalue weighted by Crippen LogP contribution is 1.91. The first kappa shape index (κ1) is 13.9. The van der Waals surface area contributed by atoms with E-state index in [-0.39, 0.29) is 0 Å². The maximum Gasteiger partial charge on any atom is 0.00105 e. The van der Waals surface area contributed by atoms with Gasteiger partial charge in [-0.3, -0.25) is 0 Å². The van der Waals surface area contributed by atoms with Crippen molar-refractivity contribution >= 4 is 0 Å². The fraction of sp³-hybridized carbons (Fsp3) is 1.00. The largest absolute Gasteiger partial charge is 0.320 e. The molecule has 0 spiro atoms. The lowest BCUT2D eigenvalue weighted by Crippen LogP contribution is -2.33. The molecule has 0 saturated heterocycles. The van der Waals surface area contributed by atoms with Crippen LogP contribution in [-0.4, -0.2) is 39.3 Å². The van der Waals surface area contributed by atoms with E-state index < -0.39 is 0 Å². The van der Waals surface area contributed by atoms with E-state index in [1.165, 1.54) is 6.42 Å². The van der Waals surface area contributed by atoms with Gasteiger partial charge in [-0.1, -0.05) is 20.8 Å². The molecule has 1 atom stereocenters. The number of nitrogens with one attached hydrogen (secondary N) is 3. The van der Waals surface area contributed by atoms with Crippen LogP contribution in [0.3, 0.4) is 0 Å². The minimum absolute atomic E-state index is 0.599. The highest BCUT2D eigenvalue weighted by Gasteiger charge is 2.01. The first-order valence-electron chi connectivity index (χ1n) is 5.75. The summed E-state index contributed by atoms with van der Waals surface area (Å²) in [5.74, 6) is 0.715. The summed E-state index contributed by atoms with van der Waals surface area (Å²) in [4.78, 5) is 0. The monoisotopic (exact) mass is 201 g/mol. The fourth-order valence-electron chi connectivity index (χ4n) is 1.25. The van der Waals surface area contributed by atoms with Crippen LogP contribution < -0.4 is 16.0 Å². The lowest BCUT2D eigenvalue weighted by atomic mass is 10.1. The van der Waals surface area contributed by atoms with E-state index >= 15 is 0 Å². The third-order valence-electron chi connectivity index (χ3n) is 2.15. The molecule has 0 fully saturated rings. The molecule has 0 aliphatic heterocycles. The average molecular weight is 201 g/mol. The van der Waals surface area contributed by atoms with Gasteiger partial charge in [0.05, 0.1) is 0 Å². The van der Waals surface area contributed by atoms with E-state index in [9.17, 15) is 0 Å². The summed E-state index contributed by atoms with van der Waals surface area (Å²) >= 11 is 0. The van der Waals surface area contributed by atoms with Crippen LogP contribution in [0.4, 0.5) is 0 Å². The van der Waals surface area contributed by atoms with Crippen molar-refractivity contribution < 1.29 is 0 Å². The highest BCUT2D eigenvalue weighted by atomic mass is 14.9. The summed E-state index contributed by atoms with van der Waals surface area (Å²) in [7, 11) is 2.00. The molecular weight excluding hydrogens is 174 g/mol. The third kappa shape index (κ3) is 9.96. The summed E-state index contributed by atoms with van der Waals surface area (Å²) < 4.78 is 0. The Hall–Kier alpha value is -0.120. The van der Waals surface area contributed by atoms with Crippen molar-refractivity contribution in [1.82, 2.24) is 16.0 Å². The standard InChI is InChI=1S/C11H27N3/c1-10(2)14-9-11(3)8-13-7-5-6-12-4/h10-14H,5-9H2,1-4H3. The Kier molecular flexibility index (Phi) is 9.35. The average Bonchev–Trinajstić information content (AvgIpc) is 2.14. The summed E-state index contributed by atoms with van der Waals surface area (Å²) in [5.41, 5.74) is 0. The maximum atomic E-state index is 3.46. The fourth-order valence-corrected chi connectivity index (χ4v) is 1.25. The Balaban J connectivity index is 3.14. The molecule has 0 radical (unpaired) electrons. The van der Waals surface area contributed by atoms with E-state index in [0.29, 0.717) is 12.0 Å². The predicted molar refractivity (Wildman–Crippen MR) is 63.7 cm³/mol. The molecule has 0 aliphatic carbocycles. The lowest BCUT2D eigenvalue weighted by molar-refractivity contribution is 0.447. The van der Waals surface area contributed by atoms with Crippen molar-refractivity contribution in [3.8, 4) is 0 Å². The molecule has 0 aromatic heterocycles. The van der Waals surface area contributed by atoms with E-state index in [2.05, 4.69) is 36.7 Å². The van der Waals surface area contributed by atoms with Crippen molar-refractivity contribution in [1.29, 1.82) is 0 Å². The Morgan fingerprint density at radius 1 is 1.00 bits per heavy atom. The van der Waals surface area contributed by atoms with Gasteiger partial charge in [-0.2, -0.15) is 0 Å². The third-order valence-corrected chi connectivity index (χ3v) is 2.15. The van der Waals surface area contributed by atoms with Crippen LogP contribution in [0.1, 0.15) is 27.2 Å². The molecule has 3 N–H and O–H groups in total. The number of rotatable bonds is 9. The van der Waals surface area contributed by atoms with Crippen LogP contribution in [0.15, 0.2) is 0 Å². The molecule has 0 amide bonds. The van der Waals surface area contributed by atoms with Crippen molar-refractivity contribution in [2.45, 2.75) is 33.2 Å². The van der Waals surface area contributed by atoms with Crippen LogP contribution in [0.25, 0.3) is 0 Å². The zero-order chi connectivity index (χ0) is 10.8. The van der Waals surface area contributed by atoms with Gasteiger partial charge in [-0.25, -0.2) is 0 Å². The quantitative estimate of drug-likeness (QED) is 0.483. The summed E-state index contributed by atoms with van der Waals surface area (Å²) in [6.45, 7) is 11.1. The zero-order valence-corrected chi connectivity index (χ0v) is 10.2. The van der Waals surface area contributed by atoms with Gasteiger partial charge < -0.3 is 16.0 Å². The topological polar surface area (TPSA) is 36.1 Å². The van der Waals surface area contributed by atoms with Crippen LogP contribution in [0, 0.1) is 5.92 Å².